The first-order chi connectivity index (χ1) is 14.3. The lowest BCUT2D eigenvalue weighted by Gasteiger charge is -2.32. The Balaban J connectivity index is 2.32. The van der Waals surface area contributed by atoms with Crippen LogP contribution in [0.3, 0.4) is 0 Å². The molecular formula is C24H27FN2O3. The van der Waals surface area contributed by atoms with Crippen LogP contribution in [0.4, 0.5) is 4.39 Å². The fourth-order valence-electron chi connectivity index (χ4n) is 3.43. The van der Waals surface area contributed by atoms with Gasteiger partial charge in [0.15, 0.2) is 0 Å². The van der Waals surface area contributed by atoms with E-state index in [1.165, 1.54) is 23.1 Å². The molecule has 5 nitrogen and oxygen atoms in total. The van der Waals surface area contributed by atoms with Crippen LogP contribution < -0.4 is 0 Å². The number of carbonyl (C=O) groups excluding carboxylic acids is 1. The zero-order valence-electron chi connectivity index (χ0n) is 17.6. The lowest BCUT2D eigenvalue weighted by atomic mass is 9.98. The molecule has 0 aliphatic heterocycles. The average molecular weight is 410 g/mol. The summed E-state index contributed by atoms with van der Waals surface area (Å²) in [7, 11) is 0. The fourth-order valence-corrected chi connectivity index (χ4v) is 3.43. The molecule has 0 aliphatic rings. The minimum Gasteiger partial charge on any atom is -0.480 e. The van der Waals surface area contributed by atoms with Gasteiger partial charge in [-0.1, -0.05) is 51.5 Å². The number of benzene rings is 2. The molecule has 1 amide bonds. The molecule has 0 aromatic heterocycles. The number of nitrogens with zero attached hydrogens (tertiary/aromatic N) is 2. The minimum absolute atomic E-state index is 0.173. The molecule has 30 heavy (non-hydrogen) atoms. The largest absolute Gasteiger partial charge is 0.480 e. The van der Waals surface area contributed by atoms with Gasteiger partial charge in [0.1, 0.15) is 11.9 Å². The van der Waals surface area contributed by atoms with Gasteiger partial charge in [0.25, 0.3) is 0 Å². The van der Waals surface area contributed by atoms with E-state index >= 15 is 0 Å². The second-order valence-corrected chi connectivity index (χ2v) is 7.65. The van der Waals surface area contributed by atoms with E-state index in [2.05, 4.69) is 6.07 Å². The van der Waals surface area contributed by atoms with Gasteiger partial charge >= 0.3 is 5.97 Å². The first-order valence-electron chi connectivity index (χ1n) is 10.1. The Labute approximate surface area is 176 Å². The predicted octanol–water partition coefficient (Wildman–Crippen LogP) is 4.99. The zero-order valence-corrected chi connectivity index (χ0v) is 17.6. The maximum Gasteiger partial charge on any atom is 0.326 e. The second kappa shape index (κ2) is 10.5. The van der Waals surface area contributed by atoms with Crippen molar-refractivity contribution in [2.75, 3.05) is 0 Å². The number of carbonyl (C=O) groups is 2. The van der Waals surface area contributed by atoms with Gasteiger partial charge in [-0.05, 0) is 41.7 Å². The van der Waals surface area contributed by atoms with Crippen LogP contribution in [-0.4, -0.2) is 27.9 Å². The van der Waals surface area contributed by atoms with Gasteiger partial charge in [-0.3, -0.25) is 4.79 Å². The van der Waals surface area contributed by atoms with Crippen molar-refractivity contribution in [1.82, 2.24) is 4.90 Å². The third-order valence-corrected chi connectivity index (χ3v) is 5.00. The zero-order chi connectivity index (χ0) is 22.3. The molecule has 1 N–H and O–H groups in total. The van der Waals surface area contributed by atoms with Crippen molar-refractivity contribution in [3.8, 4) is 17.2 Å². The Hall–Kier alpha value is -3.20. The smallest absolute Gasteiger partial charge is 0.326 e. The molecule has 158 valence electrons. The lowest BCUT2D eigenvalue weighted by Crippen LogP contribution is -2.47. The molecule has 2 aromatic carbocycles. The van der Waals surface area contributed by atoms with Gasteiger partial charge in [-0.2, -0.15) is 5.26 Å². The van der Waals surface area contributed by atoms with Crippen molar-refractivity contribution in [1.29, 1.82) is 5.26 Å². The van der Waals surface area contributed by atoms with Crippen LogP contribution in [-0.2, 0) is 16.1 Å². The Bertz CT molecular complexity index is 932. The molecule has 0 bridgehead atoms. The number of amides is 1. The maximum atomic E-state index is 13.6. The molecular weight excluding hydrogens is 383 g/mol. The molecule has 0 radical (unpaired) electrons. The monoisotopic (exact) mass is 410 g/mol. The molecule has 1 unspecified atom stereocenters. The lowest BCUT2D eigenvalue weighted by molar-refractivity contribution is -0.153. The van der Waals surface area contributed by atoms with Crippen LogP contribution in [0.5, 0.6) is 0 Å². The number of nitriles is 1. The molecule has 0 saturated carbocycles. The number of halogens is 1. The van der Waals surface area contributed by atoms with Crippen LogP contribution in [0.15, 0.2) is 42.5 Å². The van der Waals surface area contributed by atoms with Crippen LogP contribution in [0, 0.1) is 23.1 Å². The van der Waals surface area contributed by atoms with Crippen molar-refractivity contribution < 1.29 is 19.1 Å². The molecule has 0 aliphatic carbocycles. The van der Waals surface area contributed by atoms with Gasteiger partial charge in [0.2, 0.25) is 5.91 Å². The number of hydrogen-bond donors (Lipinski definition) is 1. The Morgan fingerprint density at radius 2 is 1.83 bits per heavy atom. The average Bonchev–Trinajstić information content (AvgIpc) is 2.71. The number of carboxylic acids is 1. The predicted molar refractivity (Wildman–Crippen MR) is 113 cm³/mol. The Morgan fingerprint density at radius 3 is 2.37 bits per heavy atom. The molecule has 0 heterocycles. The summed E-state index contributed by atoms with van der Waals surface area (Å²) in [4.78, 5) is 26.0. The molecule has 1 atom stereocenters. The third-order valence-electron chi connectivity index (χ3n) is 5.00. The van der Waals surface area contributed by atoms with Crippen molar-refractivity contribution in [3.63, 3.8) is 0 Å². The second-order valence-electron chi connectivity index (χ2n) is 7.65. The summed E-state index contributed by atoms with van der Waals surface area (Å²) < 4.78 is 13.6. The summed E-state index contributed by atoms with van der Waals surface area (Å²) in [5.41, 5.74) is 2.31. The quantitative estimate of drug-likeness (QED) is 0.631. The van der Waals surface area contributed by atoms with E-state index in [0.29, 0.717) is 29.5 Å². The highest BCUT2D eigenvalue weighted by molar-refractivity contribution is 5.84. The topological polar surface area (TPSA) is 81.4 Å². The van der Waals surface area contributed by atoms with Crippen molar-refractivity contribution >= 4 is 11.9 Å². The minimum atomic E-state index is -1.02. The molecule has 0 saturated heterocycles. The van der Waals surface area contributed by atoms with E-state index in [4.69, 9.17) is 0 Å². The number of carboxylic acid groups (broad SMARTS) is 1. The van der Waals surface area contributed by atoms with Crippen LogP contribution in [0.1, 0.15) is 51.2 Å². The fraction of sp³-hybridized carbons (Fsp3) is 0.375. The summed E-state index contributed by atoms with van der Waals surface area (Å²) in [5.74, 6) is -1.87. The summed E-state index contributed by atoms with van der Waals surface area (Å²) >= 11 is 0. The van der Waals surface area contributed by atoms with Gasteiger partial charge in [-0.25, -0.2) is 9.18 Å². The number of rotatable bonds is 9. The summed E-state index contributed by atoms with van der Waals surface area (Å²) in [6.45, 7) is 5.73. The van der Waals surface area contributed by atoms with Gasteiger partial charge in [0.05, 0.1) is 11.6 Å². The Morgan fingerprint density at radius 1 is 1.17 bits per heavy atom. The Kier molecular flexibility index (Phi) is 8.11. The summed E-state index contributed by atoms with van der Waals surface area (Å²) in [6.07, 6.45) is 1.86. The molecule has 0 fully saturated rings. The summed E-state index contributed by atoms with van der Waals surface area (Å²) in [5, 5.41) is 19.0. The number of hydrogen-bond acceptors (Lipinski definition) is 3. The third kappa shape index (κ3) is 5.66. The summed E-state index contributed by atoms with van der Waals surface area (Å²) in [6, 6.07) is 12.2. The van der Waals surface area contributed by atoms with Crippen molar-refractivity contribution in [2.24, 2.45) is 5.92 Å². The number of unbranched alkanes of at least 4 members (excludes halogenated alkanes) is 1. The normalized spacial score (nSPS) is 11.7. The molecule has 6 heteroatoms. The van der Waals surface area contributed by atoms with E-state index in [1.807, 2.05) is 6.92 Å². The van der Waals surface area contributed by atoms with Gasteiger partial charge in [-0.15, -0.1) is 0 Å². The van der Waals surface area contributed by atoms with Crippen LogP contribution in [0.2, 0.25) is 0 Å². The first kappa shape index (κ1) is 23.1. The molecule has 2 aromatic rings. The first-order valence-corrected chi connectivity index (χ1v) is 10.1. The molecule has 2 rings (SSSR count). The van der Waals surface area contributed by atoms with Crippen LogP contribution >= 0.6 is 0 Å². The van der Waals surface area contributed by atoms with Crippen molar-refractivity contribution in [3.05, 3.63) is 59.4 Å². The highest BCUT2D eigenvalue weighted by Crippen LogP contribution is 2.26. The van der Waals surface area contributed by atoms with Crippen molar-refractivity contribution in [2.45, 2.75) is 52.6 Å². The van der Waals surface area contributed by atoms with Gasteiger partial charge in [0, 0.05) is 18.5 Å². The van der Waals surface area contributed by atoms with E-state index < -0.39 is 17.8 Å². The SMILES string of the molecule is CCCCC(=O)N(Cc1ccc(-c2cc(F)ccc2C#N)cc1)C(C(=O)O)C(C)C. The highest BCUT2D eigenvalue weighted by Gasteiger charge is 2.32. The highest BCUT2D eigenvalue weighted by atomic mass is 19.1. The standard InChI is InChI=1S/C24H27FN2O3/c1-4-5-6-22(28)27(23(16(2)3)24(29)30)15-17-7-9-18(10-8-17)21-13-20(25)12-11-19(21)14-26/h7-13,16,23H,4-6,15H2,1-3H3,(H,29,30). The van der Waals surface area contributed by atoms with E-state index in [1.54, 1.807) is 38.1 Å². The van der Waals surface area contributed by atoms with E-state index in [0.717, 1.165) is 12.0 Å². The van der Waals surface area contributed by atoms with Crippen LogP contribution in [0.25, 0.3) is 11.1 Å². The van der Waals surface area contributed by atoms with E-state index in [-0.39, 0.29) is 18.4 Å². The van der Waals surface area contributed by atoms with Gasteiger partial charge < -0.3 is 10.0 Å². The number of aliphatic carboxylic acids is 1. The van der Waals surface area contributed by atoms with E-state index in [9.17, 15) is 24.3 Å². The molecule has 0 spiro atoms. The maximum absolute atomic E-state index is 13.6.